The van der Waals surface area contributed by atoms with Crippen molar-refractivity contribution in [3.63, 3.8) is 0 Å². The molecule has 182 valence electrons. The molecule has 0 aliphatic carbocycles. The van der Waals surface area contributed by atoms with Gasteiger partial charge in [0.25, 0.3) is 0 Å². The summed E-state index contributed by atoms with van der Waals surface area (Å²) in [7, 11) is 0.527. The van der Waals surface area contributed by atoms with E-state index in [-0.39, 0.29) is 6.29 Å². The van der Waals surface area contributed by atoms with Crippen molar-refractivity contribution < 1.29 is 9.16 Å². The number of hydrogen-bond acceptors (Lipinski definition) is 2. The Morgan fingerprint density at radius 2 is 0.933 bits per heavy atom. The third-order valence-electron chi connectivity index (χ3n) is 6.47. The third kappa shape index (κ3) is 20.1. The first-order chi connectivity index (χ1) is 14.4. The second-order valence-corrected chi connectivity index (χ2v) is 14.2. The summed E-state index contributed by atoms with van der Waals surface area (Å²) in [5.74, 6) is 0. The van der Waals surface area contributed by atoms with Crippen LogP contribution in [0.25, 0.3) is 0 Å². The molecule has 2 atom stereocenters. The lowest BCUT2D eigenvalue weighted by atomic mass is 10.0. The molecule has 0 heterocycles. The zero-order valence-electron chi connectivity index (χ0n) is 21.9. The average Bonchev–Trinajstić information content (AvgIpc) is 2.71. The van der Waals surface area contributed by atoms with Crippen molar-refractivity contribution >= 4 is 9.04 Å². The molecule has 0 saturated heterocycles. The number of methoxy groups -OCH3 is 1. The molecular weight excluding hydrogens is 384 g/mol. The Kier molecular flexibility index (Phi) is 21.1. The third-order valence-corrected chi connectivity index (χ3v) is 10.0. The Hall–Kier alpha value is 0.137. The molecule has 0 N–H and O–H groups in total. The van der Waals surface area contributed by atoms with Crippen LogP contribution in [0.1, 0.15) is 150 Å². The van der Waals surface area contributed by atoms with E-state index in [1.807, 2.05) is 6.92 Å². The van der Waals surface area contributed by atoms with Crippen molar-refractivity contribution in [2.24, 2.45) is 0 Å². The van der Waals surface area contributed by atoms with Gasteiger partial charge >= 0.3 is 0 Å². The second kappa shape index (κ2) is 21.0. The highest BCUT2D eigenvalue weighted by Gasteiger charge is 2.28. The summed E-state index contributed by atoms with van der Waals surface area (Å²) < 4.78 is 11.5. The minimum Gasteiger partial charge on any atom is -0.395 e. The van der Waals surface area contributed by atoms with Crippen LogP contribution in [-0.4, -0.2) is 22.4 Å². The lowest BCUT2D eigenvalue weighted by molar-refractivity contribution is -0.0441. The molecule has 0 aromatic heterocycles. The van der Waals surface area contributed by atoms with Crippen molar-refractivity contribution in [3.8, 4) is 0 Å². The number of hydrogen-bond donors (Lipinski definition) is 0. The van der Waals surface area contributed by atoms with Crippen LogP contribution >= 0.6 is 0 Å². The zero-order chi connectivity index (χ0) is 22.5. The molecule has 0 aliphatic heterocycles. The maximum atomic E-state index is 6.21. The number of ether oxygens (including phenoxy) is 1. The number of rotatable bonds is 22. The molecule has 0 rings (SSSR count). The molecule has 0 amide bonds. The Bertz CT molecular complexity index is 340. The van der Waals surface area contributed by atoms with Gasteiger partial charge in [0.15, 0.2) is 9.04 Å². The Balaban J connectivity index is 3.37. The van der Waals surface area contributed by atoms with Crippen LogP contribution in [0.2, 0.25) is 11.1 Å². The molecule has 0 radical (unpaired) electrons. The maximum Gasteiger partial charge on any atom is 0.185 e. The molecule has 0 spiro atoms. The average molecular weight is 443 g/mol. The maximum absolute atomic E-state index is 6.21. The van der Waals surface area contributed by atoms with Crippen LogP contribution in [-0.2, 0) is 9.16 Å². The highest BCUT2D eigenvalue weighted by atomic mass is 28.3. The summed E-state index contributed by atoms with van der Waals surface area (Å²) in [5.41, 5.74) is 0. The van der Waals surface area contributed by atoms with Gasteiger partial charge < -0.3 is 9.16 Å². The van der Waals surface area contributed by atoms with Crippen LogP contribution < -0.4 is 0 Å². The molecular formula is C27H58O2Si. The van der Waals surface area contributed by atoms with Gasteiger partial charge in [-0.1, -0.05) is 143 Å². The van der Waals surface area contributed by atoms with Crippen LogP contribution in [0, 0.1) is 0 Å². The summed E-state index contributed by atoms with van der Waals surface area (Å²) in [6, 6.07) is 1.29. The van der Waals surface area contributed by atoms with Crippen LogP contribution in [0.3, 0.4) is 0 Å². The normalized spacial score (nSPS) is 14.2. The van der Waals surface area contributed by atoms with E-state index >= 15 is 0 Å². The Labute approximate surface area is 193 Å². The van der Waals surface area contributed by atoms with E-state index in [0.717, 1.165) is 0 Å². The molecule has 2 unspecified atom stereocenters. The minimum atomic E-state index is -1.22. The smallest absolute Gasteiger partial charge is 0.185 e. The van der Waals surface area contributed by atoms with E-state index in [0.29, 0.717) is 5.04 Å². The lowest BCUT2D eigenvalue weighted by Gasteiger charge is -2.31. The first kappa shape index (κ1) is 30.1. The van der Waals surface area contributed by atoms with Gasteiger partial charge in [-0.2, -0.15) is 0 Å². The summed E-state index contributed by atoms with van der Waals surface area (Å²) in [4.78, 5) is 0. The lowest BCUT2D eigenvalue weighted by Crippen LogP contribution is -2.33. The molecule has 3 heteroatoms. The summed E-state index contributed by atoms with van der Waals surface area (Å²) in [6.07, 6.45) is 25.9. The molecule has 0 aliphatic rings. The topological polar surface area (TPSA) is 18.5 Å². The zero-order valence-corrected chi connectivity index (χ0v) is 23.1. The summed E-state index contributed by atoms with van der Waals surface area (Å²) in [5, 5.41) is 0.321. The number of unbranched alkanes of at least 4 members (excludes halogenated alkanes) is 17. The van der Waals surface area contributed by atoms with Crippen molar-refractivity contribution in [2.75, 3.05) is 7.11 Å². The Morgan fingerprint density at radius 1 is 0.600 bits per heavy atom. The van der Waals surface area contributed by atoms with E-state index < -0.39 is 9.04 Å². The predicted molar refractivity (Wildman–Crippen MR) is 138 cm³/mol. The van der Waals surface area contributed by atoms with E-state index in [4.69, 9.17) is 9.16 Å². The predicted octanol–water partition coefficient (Wildman–Crippen LogP) is 9.56. The van der Waals surface area contributed by atoms with Crippen LogP contribution in [0.4, 0.5) is 0 Å². The van der Waals surface area contributed by atoms with Crippen molar-refractivity contribution in [1.82, 2.24) is 0 Å². The van der Waals surface area contributed by atoms with Gasteiger partial charge in [0.05, 0.1) is 0 Å². The Morgan fingerprint density at radius 3 is 1.23 bits per heavy atom. The van der Waals surface area contributed by atoms with Gasteiger partial charge in [-0.3, -0.25) is 0 Å². The SMILES string of the molecule is CCCCCCCCCCCCCCCCCCCC[SiH](OC(C)OC)C(C)(C)C. The molecule has 0 fully saturated rings. The summed E-state index contributed by atoms with van der Waals surface area (Å²) >= 11 is 0. The van der Waals surface area contributed by atoms with E-state index in [1.165, 1.54) is 122 Å². The standard InChI is InChI=1S/C27H58O2Si/c1-7-8-9-10-11-12-13-14-15-16-17-18-19-20-21-22-23-24-25-30(27(3,4)5)29-26(2)28-6/h26,30H,7-25H2,1-6H3. The van der Waals surface area contributed by atoms with Crippen LogP contribution in [0.5, 0.6) is 0 Å². The largest absolute Gasteiger partial charge is 0.395 e. The molecule has 30 heavy (non-hydrogen) atoms. The van der Waals surface area contributed by atoms with E-state index in [2.05, 4.69) is 27.7 Å². The van der Waals surface area contributed by atoms with Gasteiger partial charge in [-0.05, 0) is 18.0 Å². The van der Waals surface area contributed by atoms with E-state index in [9.17, 15) is 0 Å². The van der Waals surface area contributed by atoms with Crippen molar-refractivity contribution in [1.29, 1.82) is 0 Å². The van der Waals surface area contributed by atoms with Gasteiger partial charge in [-0.15, -0.1) is 0 Å². The fourth-order valence-corrected chi connectivity index (χ4v) is 6.87. The first-order valence-electron chi connectivity index (χ1n) is 13.6. The molecule has 2 nitrogen and oxygen atoms in total. The highest BCUT2D eigenvalue weighted by molar-refractivity contribution is 6.55. The second-order valence-electron chi connectivity index (χ2n) is 10.6. The van der Waals surface area contributed by atoms with E-state index in [1.54, 1.807) is 7.11 Å². The van der Waals surface area contributed by atoms with Crippen LogP contribution in [0.15, 0.2) is 0 Å². The fourth-order valence-electron chi connectivity index (χ4n) is 4.22. The highest BCUT2D eigenvalue weighted by Crippen LogP contribution is 2.32. The minimum absolute atomic E-state index is 0.0450. The molecule has 0 saturated carbocycles. The molecule has 0 bridgehead atoms. The monoisotopic (exact) mass is 442 g/mol. The first-order valence-corrected chi connectivity index (χ1v) is 15.5. The fraction of sp³-hybridized carbons (Fsp3) is 1.00. The quantitative estimate of drug-likeness (QED) is 0.0943. The molecule has 0 aromatic rings. The van der Waals surface area contributed by atoms with Crippen molar-refractivity contribution in [2.45, 2.75) is 168 Å². The van der Waals surface area contributed by atoms with Gasteiger partial charge in [0.1, 0.15) is 6.29 Å². The summed E-state index contributed by atoms with van der Waals surface area (Å²) in [6.45, 7) is 11.3. The van der Waals surface area contributed by atoms with Crippen molar-refractivity contribution in [3.05, 3.63) is 0 Å². The van der Waals surface area contributed by atoms with Gasteiger partial charge in [-0.25, -0.2) is 0 Å². The van der Waals surface area contributed by atoms with Gasteiger partial charge in [0, 0.05) is 7.11 Å². The van der Waals surface area contributed by atoms with Gasteiger partial charge in [0.2, 0.25) is 0 Å². The molecule has 0 aromatic carbocycles.